The summed E-state index contributed by atoms with van der Waals surface area (Å²) >= 11 is 0. The molecule has 0 radical (unpaired) electrons. The minimum absolute atomic E-state index is 0.218. The zero-order valence-electron chi connectivity index (χ0n) is 13.7. The maximum Gasteiger partial charge on any atom is 0.328 e. The molecule has 1 aromatic heterocycles. The van der Waals surface area contributed by atoms with Crippen LogP contribution in [0.2, 0.25) is 0 Å². The molecule has 6 heteroatoms. The van der Waals surface area contributed by atoms with Gasteiger partial charge in [0.05, 0.1) is 7.11 Å². The molecule has 0 aromatic carbocycles. The van der Waals surface area contributed by atoms with Crippen LogP contribution in [0.4, 0.5) is 11.6 Å². The van der Waals surface area contributed by atoms with E-state index in [1.165, 1.54) is 7.11 Å². The maximum atomic E-state index is 11.9. The lowest BCUT2D eigenvalue weighted by atomic mass is 9.96. The number of nitrogens with two attached hydrogens (primary N) is 1. The molecule has 0 saturated carbocycles. The number of aromatic nitrogens is 2. The van der Waals surface area contributed by atoms with Crippen molar-refractivity contribution >= 4 is 17.6 Å². The van der Waals surface area contributed by atoms with E-state index in [9.17, 15) is 4.79 Å². The van der Waals surface area contributed by atoms with Crippen LogP contribution in [0.15, 0.2) is 6.07 Å². The van der Waals surface area contributed by atoms with Crippen LogP contribution in [-0.4, -0.2) is 29.1 Å². The molecule has 1 aromatic rings. The Morgan fingerprint density at radius 3 is 2.48 bits per heavy atom. The van der Waals surface area contributed by atoms with E-state index in [0.717, 1.165) is 0 Å². The molecule has 1 rings (SSSR count). The van der Waals surface area contributed by atoms with Crippen molar-refractivity contribution in [2.24, 2.45) is 5.92 Å². The first-order chi connectivity index (χ1) is 9.63. The van der Waals surface area contributed by atoms with Crippen LogP contribution in [0.25, 0.3) is 0 Å². The standard InChI is InChI=1S/C15H26N4O2/c1-9(2)7-10(13(20)21-6)17-12-8-11(16)18-14(19-12)15(3,4)5/h8-10H,7H2,1-6H3,(H3,16,17,18,19). The van der Waals surface area contributed by atoms with Gasteiger partial charge in [-0.3, -0.25) is 0 Å². The van der Waals surface area contributed by atoms with Crippen LogP contribution in [0, 0.1) is 5.92 Å². The molecule has 1 heterocycles. The highest BCUT2D eigenvalue weighted by atomic mass is 16.5. The average molecular weight is 294 g/mol. The Bertz CT molecular complexity index is 495. The van der Waals surface area contributed by atoms with E-state index in [1.54, 1.807) is 6.07 Å². The Balaban J connectivity index is 3.03. The van der Waals surface area contributed by atoms with E-state index in [0.29, 0.717) is 29.8 Å². The van der Waals surface area contributed by atoms with Crippen molar-refractivity contribution < 1.29 is 9.53 Å². The molecule has 0 aliphatic rings. The van der Waals surface area contributed by atoms with Gasteiger partial charge in [-0.05, 0) is 12.3 Å². The number of methoxy groups -OCH3 is 1. The molecule has 0 spiro atoms. The average Bonchev–Trinajstić information content (AvgIpc) is 2.34. The summed E-state index contributed by atoms with van der Waals surface area (Å²) in [5.41, 5.74) is 5.62. The van der Waals surface area contributed by atoms with E-state index >= 15 is 0 Å². The number of nitrogens with one attached hydrogen (secondary N) is 1. The third-order valence-corrected chi connectivity index (χ3v) is 2.93. The molecule has 0 amide bonds. The Morgan fingerprint density at radius 2 is 2.00 bits per heavy atom. The van der Waals surface area contributed by atoms with Gasteiger partial charge in [0.25, 0.3) is 0 Å². The molecular formula is C15H26N4O2. The van der Waals surface area contributed by atoms with Crippen molar-refractivity contribution in [3.05, 3.63) is 11.9 Å². The first-order valence-electron chi connectivity index (χ1n) is 7.13. The van der Waals surface area contributed by atoms with E-state index in [1.807, 2.05) is 34.6 Å². The van der Waals surface area contributed by atoms with Gasteiger partial charge in [-0.25, -0.2) is 14.8 Å². The highest BCUT2D eigenvalue weighted by Crippen LogP contribution is 2.22. The first-order valence-corrected chi connectivity index (χ1v) is 7.13. The number of ether oxygens (including phenoxy) is 1. The van der Waals surface area contributed by atoms with Gasteiger partial charge in [-0.2, -0.15) is 0 Å². The number of rotatable bonds is 5. The number of hydrogen-bond donors (Lipinski definition) is 2. The molecule has 1 atom stereocenters. The van der Waals surface area contributed by atoms with E-state index in [-0.39, 0.29) is 11.4 Å². The molecule has 3 N–H and O–H groups in total. The lowest BCUT2D eigenvalue weighted by molar-refractivity contribution is -0.141. The lowest BCUT2D eigenvalue weighted by Crippen LogP contribution is -2.33. The number of carbonyl (C=O) groups is 1. The summed E-state index contributed by atoms with van der Waals surface area (Å²) in [6.45, 7) is 10.1. The second-order valence-electron chi connectivity index (χ2n) is 6.60. The van der Waals surface area contributed by atoms with E-state index in [4.69, 9.17) is 10.5 Å². The summed E-state index contributed by atoms with van der Waals surface area (Å²) in [6, 6.07) is 1.18. The van der Waals surface area contributed by atoms with Gasteiger partial charge in [-0.15, -0.1) is 0 Å². The molecule has 0 aliphatic carbocycles. The van der Waals surface area contributed by atoms with Gasteiger partial charge < -0.3 is 15.8 Å². The topological polar surface area (TPSA) is 90.1 Å². The molecule has 1 unspecified atom stereocenters. The summed E-state index contributed by atoms with van der Waals surface area (Å²) in [5.74, 6) is 1.60. The third kappa shape index (κ3) is 5.21. The summed E-state index contributed by atoms with van der Waals surface area (Å²) in [7, 11) is 1.38. The normalized spacial score (nSPS) is 13.1. The minimum Gasteiger partial charge on any atom is -0.467 e. The van der Waals surface area contributed by atoms with Crippen molar-refractivity contribution in [2.75, 3.05) is 18.2 Å². The summed E-state index contributed by atoms with van der Waals surface area (Å²) in [4.78, 5) is 20.6. The van der Waals surface area contributed by atoms with Gasteiger partial charge in [0.1, 0.15) is 23.5 Å². The van der Waals surface area contributed by atoms with E-state index in [2.05, 4.69) is 15.3 Å². The molecule has 0 fully saturated rings. The molecule has 21 heavy (non-hydrogen) atoms. The van der Waals surface area contributed by atoms with Crippen molar-refractivity contribution in [1.29, 1.82) is 0 Å². The van der Waals surface area contributed by atoms with Gasteiger partial charge >= 0.3 is 5.97 Å². The van der Waals surface area contributed by atoms with Crippen molar-refractivity contribution in [1.82, 2.24) is 9.97 Å². The fourth-order valence-corrected chi connectivity index (χ4v) is 1.88. The molecule has 118 valence electrons. The largest absolute Gasteiger partial charge is 0.467 e. The molecule has 0 bridgehead atoms. The molecule has 0 saturated heterocycles. The van der Waals surface area contributed by atoms with Gasteiger partial charge in [0.15, 0.2) is 0 Å². The predicted molar refractivity (Wildman–Crippen MR) is 84.0 cm³/mol. The quantitative estimate of drug-likeness (QED) is 0.810. The summed E-state index contributed by atoms with van der Waals surface area (Å²) in [6.07, 6.45) is 0.654. The number of hydrogen-bond acceptors (Lipinski definition) is 6. The fraction of sp³-hybridized carbons (Fsp3) is 0.667. The van der Waals surface area contributed by atoms with Gasteiger partial charge in [0, 0.05) is 11.5 Å². The van der Waals surface area contributed by atoms with Gasteiger partial charge in [-0.1, -0.05) is 34.6 Å². The number of nitrogens with zero attached hydrogens (tertiary/aromatic N) is 2. The zero-order chi connectivity index (χ0) is 16.2. The smallest absolute Gasteiger partial charge is 0.328 e. The first kappa shape index (κ1) is 17.2. The zero-order valence-corrected chi connectivity index (χ0v) is 13.7. The Morgan fingerprint density at radius 1 is 1.38 bits per heavy atom. The summed E-state index contributed by atoms with van der Waals surface area (Å²) in [5, 5.41) is 3.11. The third-order valence-electron chi connectivity index (χ3n) is 2.93. The second kappa shape index (κ2) is 6.74. The number of nitrogen functional groups attached to an aromatic ring is 1. The van der Waals surface area contributed by atoms with Crippen molar-refractivity contribution in [3.8, 4) is 0 Å². The second-order valence-corrected chi connectivity index (χ2v) is 6.60. The van der Waals surface area contributed by atoms with E-state index < -0.39 is 6.04 Å². The van der Waals surface area contributed by atoms with Crippen LogP contribution < -0.4 is 11.1 Å². The Hall–Kier alpha value is -1.85. The molecule has 6 nitrogen and oxygen atoms in total. The monoisotopic (exact) mass is 294 g/mol. The van der Waals surface area contributed by atoms with Crippen LogP contribution in [0.3, 0.4) is 0 Å². The Kier molecular flexibility index (Phi) is 5.52. The maximum absolute atomic E-state index is 11.9. The summed E-state index contributed by atoms with van der Waals surface area (Å²) < 4.78 is 4.84. The predicted octanol–water partition coefficient (Wildman–Crippen LogP) is 2.36. The van der Waals surface area contributed by atoms with Crippen molar-refractivity contribution in [3.63, 3.8) is 0 Å². The number of esters is 1. The van der Waals surface area contributed by atoms with Crippen LogP contribution in [-0.2, 0) is 14.9 Å². The highest BCUT2D eigenvalue weighted by Gasteiger charge is 2.23. The van der Waals surface area contributed by atoms with Crippen LogP contribution in [0.1, 0.15) is 46.9 Å². The Labute approximate surface area is 126 Å². The number of anilines is 2. The van der Waals surface area contributed by atoms with Crippen LogP contribution in [0.5, 0.6) is 0 Å². The lowest BCUT2D eigenvalue weighted by Gasteiger charge is -2.21. The SMILES string of the molecule is COC(=O)C(CC(C)C)Nc1cc(N)nc(C(C)(C)C)n1. The minimum atomic E-state index is -0.447. The highest BCUT2D eigenvalue weighted by molar-refractivity contribution is 5.78. The van der Waals surface area contributed by atoms with Crippen LogP contribution >= 0.6 is 0 Å². The number of carbonyl (C=O) groups excluding carboxylic acids is 1. The fourth-order valence-electron chi connectivity index (χ4n) is 1.88. The molecular weight excluding hydrogens is 268 g/mol. The van der Waals surface area contributed by atoms with Gasteiger partial charge in [0.2, 0.25) is 0 Å². The molecule has 0 aliphatic heterocycles. The van der Waals surface area contributed by atoms with Crippen molar-refractivity contribution in [2.45, 2.75) is 52.5 Å².